The zero-order chi connectivity index (χ0) is 19.2. The Bertz CT molecular complexity index is 866. The normalized spacial score (nSPS) is 22.7. The van der Waals surface area contributed by atoms with Crippen molar-refractivity contribution in [1.29, 1.82) is 0 Å². The Labute approximate surface area is 186 Å². The minimum atomic E-state index is -0.160. The van der Waals surface area contributed by atoms with Crippen LogP contribution in [0, 0.1) is 23.1 Å². The molecule has 2 aromatic carbocycles. The van der Waals surface area contributed by atoms with Gasteiger partial charge < -0.3 is 28.5 Å². The fraction of sp³-hybridized carbons (Fsp3) is 0.440. The van der Waals surface area contributed by atoms with Crippen LogP contribution in [-0.2, 0) is 6.54 Å². The summed E-state index contributed by atoms with van der Waals surface area (Å²) in [4.78, 5) is 0. The van der Waals surface area contributed by atoms with Crippen molar-refractivity contribution in [2.75, 3.05) is 20.6 Å². The number of fused-ring (bicyclic) bond motifs is 1. The molecular formula is C25H31FIN. The van der Waals surface area contributed by atoms with Gasteiger partial charge in [0, 0.05) is 11.1 Å². The number of likely N-dealkylation sites (N-methyl/N-ethyl adjacent to an activating group) is 1. The van der Waals surface area contributed by atoms with Gasteiger partial charge in [-0.05, 0) is 47.3 Å². The average Bonchev–Trinajstić information content (AvgIpc) is 2.62. The number of allylic oxidation sites excluding steroid dienone is 1. The second kappa shape index (κ2) is 7.91. The molecule has 150 valence electrons. The number of hydrogen-bond acceptors (Lipinski definition) is 0. The summed E-state index contributed by atoms with van der Waals surface area (Å²) in [5, 5.41) is 0. The van der Waals surface area contributed by atoms with Gasteiger partial charge in [0.15, 0.2) is 0 Å². The molecule has 1 nitrogen and oxygen atoms in total. The molecule has 2 bridgehead atoms. The van der Waals surface area contributed by atoms with Gasteiger partial charge >= 0.3 is 0 Å². The molecule has 1 fully saturated rings. The quantitative estimate of drug-likeness (QED) is 0.343. The van der Waals surface area contributed by atoms with Crippen molar-refractivity contribution in [2.45, 2.75) is 33.2 Å². The number of quaternary nitrogens is 1. The Morgan fingerprint density at radius 1 is 1.00 bits per heavy atom. The van der Waals surface area contributed by atoms with E-state index in [9.17, 15) is 4.39 Å². The summed E-state index contributed by atoms with van der Waals surface area (Å²) in [6, 6.07) is 15.4. The average molecular weight is 491 g/mol. The van der Waals surface area contributed by atoms with Crippen LogP contribution >= 0.6 is 0 Å². The van der Waals surface area contributed by atoms with Crippen LogP contribution in [0.5, 0.6) is 0 Å². The van der Waals surface area contributed by atoms with Crippen LogP contribution in [0.25, 0.3) is 11.1 Å². The largest absolute Gasteiger partial charge is 1.00 e. The highest BCUT2D eigenvalue weighted by Crippen LogP contribution is 2.59. The van der Waals surface area contributed by atoms with Gasteiger partial charge in [0.2, 0.25) is 0 Å². The maximum absolute atomic E-state index is 14.0. The van der Waals surface area contributed by atoms with Crippen molar-refractivity contribution in [3.63, 3.8) is 0 Å². The number of hydrogen-bond donors (Lipinski definition) is 0. The van der Waals surface area contributed by atoms with Gasteiger partial charge in [-0.15, -0.1) is 0 Å². The molecule has 3 heteroatoms. The molecule has 0 heterocycles. The molecule has 0 spiro atoms. The summed E-state index contributed by atoms with van der Waals surface area (Å²) in [5.41, 5.74) is 5.08. The monoisotopic (exact) mass is 491 g/mol. The van der Waals surface area contributed by atoms with E-state index in [1.54, 1.807) is 11.6 Å². The fourth-order valence-corrected chi connectivity index (χ4v) is 5.19. The highest BCUT2D eigenvalue weighted by Gasteiger charge is 2.52. The Morgan fingerprint density at radius 2 is 1.68 bits per heavy atom. The van der Waals surface area contributed by atoms with Crippen LogP contribution in [0.15, 0.2) is 60.2 Å². The van der Waals surface area contributed by atoms with E-state index in [1.807, 2.05) is 24.3 Å². The highest BCUT2D eigenvalue weighted by atomic mass is 127. The predicted molar refractivity (Wildman–Crippen MR) is 111 cm³/mol. The predicted octanol–water partition coefficient (Wildman–Crippen LogP) is 3.07. The Morgan fingerprint density at radius 3 is 2.29 bits per heavy atom. The second-order valence-corrected chi connectivity index (χ2v) is 9.75. The highest BCUT2D eigenvalue weighted by molar-refractivity contribution is 5.64. The molecule has 2 aromatic rings. The van der Waals surface area contributed by atoms with Gasteiger partial charge in [0.05, 0.1) is 14.1 Å². The van der Waals surface area contributed by atoms with Crippen LogP contribution in [0.1, 0.15) is 32.3 Å². The minimum Gasteiger partial charge on any atom is -1.00 e. The lowest BCUT2D eigenvalue weighted by Gasteiger charge is -2.57. The third kappa shape index (κ3) is 4.06. The van der Waals surface area contributed by atoms with Crippen LogP contribution in [0.4, 0.5) is 4.39 Å². The molecule has 0 radical (unpaired) electrons. The molecule has 0 aliphatic heterocycles. The van der Waals surface area contributed by atoms with Crippen LogP contribution in [-0.4, -0.2) is 25.1 Å². The Balaban J connectivity index is 0.00000225. The summed E-state index contributed by atoms with van der Waals surface area (Å²) in [6.07, 6.45) is 5.16. The van der Waals surface area contributed by atoms with E-state index in [4.69, 9.17) is 0 Å². The summed E-state index contributed by atoms with van der Waals surface area (Å²) in [7, 11) is 4.65. The number of rotatable bonds is 5. The minimum absolute atomic E-state index is 0. The number of nitrogens with zero attached hydrogens (tertiary/aromatic N) is 1. The van der Waals surface area contributed by atoms with E-state index < -0.39 is 0 Å². The molecule has 0 aromatic heterocycles. The molecule has 0 unspecified atom stereocenters. The lowest BCUT2D eigenvalue weighted by atomic mass is 9.49. The standard InChI is InChI=1S/C25H31FN.HI/c1-25(2)21-14-13-20(23(25)15-21)17-27(3,4)16-18-9-11-19(12-10-18)22-7-5-6-8-24(22)26;/h5-13,21,23H,14-17H2,1-4H3;1H/q+1;/p-1/t21-,23-;/m0./s1. The first-order chi connectivity index (χ1) is 12.8. The van der Waals surface area contributed by atoms with E-state index in [0.29, 0.717) is 11.0 Å². The first-order valence-corrected chi connectivity index (χ1v) is 10.1. The Hall–Kier alpha value is -1.20. The molecule has 28 heavy (non-hydrogen) atoms. The zero-order valence-electron chi connectivity index (χ0n) is 17.4. The van der Waals surface area contributed by atoms with E-state index >= 15 is 0 Å². The van der Waals surface area contributed by atoms with Crippen molar-refractivity contribution < 1.29 is 32.9 Å². The van der Waals surface area contributed by atoms with Crippen molar-refractivity contribution in [2.24, 2.45) is 17.3 Å². The zero-order valence-corrected chi connectivity index (χ0v) is 19.5. The molecule has 0 saturated heterocycles. The van der Waals surface area contributed by atoms with Gasteiger partial charge in [-0.25, -0.2) is 4.39 Å². The molecule has 1 saturated carbocycles. The first-order valence-electron chi connectivity index (χ1n) is 10.1. The second-order valence-electron chi connectivity index (χ2n) is 9.75. The molecule has 3 aliphatic rings. The van der Waals surface area contributed by atoms with E-state index in [1.165, 1.54) is 24.5 Å². The summed E-state index contributed by atoms with van der Waals surface area (Å²) in [6.45, 7) is 7.00. The smallest absolute Gasteiger partial charge is 0.131 e. The Kier molecular flexibility index (Phi) is 6.07. The topological polar surface area (TPSA) is 0 Å². The fourth-order valence-electron chi connectivity index (χ4n) is 5.19. The lowest BCUT2D eigenvalue weighted by Crippen LogP contribution is -3.00. The van der Waals surface area contributed by atoms with Crippen LogP contribution in [0.3, 0.4) is 0 Å². The van der Waals surface area contributed by atoms with E-state index in [2.05, 4.69) is 46.2 Å². The first kappa shape index (κ1) is 21.5. The maximum atomic E-state index is 14.0. The van der Waals surface area contributed by atoms with Crippen molar-refractivity contribution in [3.8, 4) is 11.1 Å². The van der Waals surface area contributed by atoms with Crippen LogP contribution < -0.4 is 24.0 Å². The van der Waals surface area contributed by atoms with Gasteiger partial charge in [0.1, 0.15) is 18.9 Å². The molecule has 3 aliphatic carbocycles. The van der Waals surface area contributed by atoms with Gasteiger partial charge in [-0.1, -0.05) is 62.4 Å². The molecule has 2 atom stereocenters. The maximum Gasteiger partial charge on any atom is 0.131 e. The molecule has 0 N–H and O–H groups in total. The number of halogens is 2. The third-order valence-electron chi connectivity index (χ3n) is 6.94. The number of benzene rings is 2. The van der Waals surface area contributed by atoms with Crippen molar-refractivity contribution in [3.05, 3.63) is 71.6 Å². The summed E-state index contributed by atoms with van der Waals surface area (Å²) >= 11 is 0. The molecular weight excluding hydrogens is 460 g/mol. The lowest BCUT2D eigenvalue weighted by molar-refractivity contribution is -0.899. The van der Waals surface area contributed by atoms with Crippen molar-refractivity contribution >= 4 is 0 Å². The van der Waals surface area contributed by atoms with Crippen LogP contribution in [0.2, 0.25) is 0 Å². The summed E-state index contributed by atoms with van der Waals surface area (Å²) < 4.78 is 15.0. The SMILES string of the molecule is CC1(C)[C@H]2CC=C(C[N+](C)(C)Cc3ccc(-c4ccccc4F)cc3)[C@@H]1C2.[I-]. The summed E-state index contributed by atoms with van der Waals surface area (Å²) in [5.74, 6) is 1.51. The molecule has 0 amide bonds. The van der Waals surface area contributed by atoms with Gasteiger partial charge in [-0.2, -0.15) is 0 Å². The van der Waals surface area contributed by atoms with Gasteiger partial charge in [-0.3, -0.25) is 0 Å². The third-order valence-corrected chi connectivity index (χ3v) is 6.94. The molecule has 5 rings (SSSR count). The van der Waals surface area contributed by atoms with Gasteiger partial charge in [0.25, 0.3) is 0 Å². The van der Waals surface area contributed by atoms with Crippen molar-refractivity contribution in [1.82, 2.24) is 0 Å². The van der Waals surface area contributed by atoms with E-state index in [-0.39, 0.29) is 29.8 Å². The van der Waals surface area contributed by atoms with E-state index in [0.717, 1.165) is 35.0 Å².